The monoisotopic (exact) mass is 179 g/mol. The average Bonchev–Trinajstić information content (AvgIpc) is 2.77. The number of benzene rings is 1. The lowest BCUT2D eigenvalue weighted by Crippen LogP contribution is -1.99. The van der Waals surface area contributed by atoms with Gasteiger partial charge in [-0.1, -0.05) is 18.2 Å². The summed E-state index contributed by atoms with van der Waals surface area (Å²) in [5.74, 6) is 0. The van der Waals surface area contributed by atoms with Crippen LogP contribution in [0, 0.1) is 0 Å². The molecule has 1 aliphatic carbocycles. The van der Waals surface area contributed by atoms with Gasteiger partial charge in [-0.3, -0.25) is 0 Å². The van der Waals surface area contributed by atoms with Gasteiger partial charge in [0.25, 0.3) is 0 Å². The molecule has 0 bridgehead atoms. The van der Waals surface area contributed by atoms with Gasteiger partial charge in [-0.05, 0) is 37.1 Å². The molecule has 2 aromatic rings. The van der Waals surface area contributed by atoms with Crippen LogP contribution in [0.25, 0.3) is 10.9 Å². The number of nitrogens with one attached hydrogen (secondary N) is 1. The predicted molar refractivity (Wildman–Crippen MR) is 54.9 cm³/mol. The van der Waals surface area contributed by atoms with Crippen LogP contribution in [0.15, 0.2) is 24.3 Å². The molecule has 1 heterocycles. The maximum atomic E-state index is 8.11. The van der Waals surface area contributed by atoms with Gasteiger partial charge in [-0.2, -0.15) is 0 Å². The van der Waals surface area contributed by atoms with Crippen LogP contribution >= 0.6 is 0 Å². The van der Waals surface area contributed by atoms with Crippen molar-refractivity contribution in [1.29, 1.82) is 0 Å². The Morgan fingerprint density at radius 2 is 2.00 bits per heavy atom. The van der Waals surface area contributed by atoms with Gasteiger partial charge in [0.1, 0.15) is 0 Å². The van der Waals surface area contributed by atoms with E-state index in [0.717, 1.165) is 0 Å². The Morgan fingerprint density at radius 3 is 3.00 bits per heavy atom. The summed E-state index contributed by atoms with van der Waals surface area (Å²) in [7, 11) is 0. The van der Waals surface area contributed by atoms with Crippen LogP contribution in [0.3, 0.4) is 0 Å². The third-order valence-electron chi connectivity index (χ3n) is 2.14. The van der Waals surface area contributed by atoms with Gasteiger partial charge in [0, 0.05) is 27.6 Å². The standard InChI is InChI=1S/C12H13N/c1-3-7-11-9(5-1)10-6-2-4-8-12(10)13-11/h1,3,5,7,13H,2,4,6,8H2/i2D2,4D2,6D2,8D2. The Hall–Kier alpha value is -1.24. The van der Waals surface area contributed by atoms with Gasteiger partial charge in [-0.15, -0.1) is 0 Å². The molecule has 0 amide bonds. The van der Waals surface area contributed by atoms with E-state index in [1.54, 1.807) is 24.3 Å². The molecule has 0 unspecified atom stereocenters. The second kappa shape index (κ2) is 2.63. The van der Waals surface area contributed by atoms with E-state index in [1.807, 2.05) is 0 Å². The van der Waals surface area contributed by atoms with Crippen molar-refractivity contribution in [2.45, 2.75) is 25.5 Å². The minimum absolute atomic E-state index is 0.136. The molecular formula is C12H13N. The number of fused-ring (bicyclic) bond motifs is 3. The fourth-order valence-corrected chi connectivity index (χ4v) is 1.55. The zero-order valence-corrected chi connectivity index (χ0v) is 6.81. The SMILES string of the molecule is [2H]C1([2H])c2[nH]c3ccccc3c2C([2H])([2H])C([2H])([2H])C1([2H])[2H]. The van der Waals surface area contributed by atoms with Crippen molar-refractivity contribution in [3.8, 4) is 0 Å². The van der Waals surface area contributed by atoms with E-state index >= 15 is 0 Å². The molecule has 0 saturated heterocycles. The number of aromatic amines is 1. The fraction of sp³-hybridized carbons (Fsp3) is 0.333. The first-order valence-electron chi connectivity index (χ1n) is 8.08. The van der Waals surface area contributed by atoms with Gasteiger partial charge >= 0.3 is 0 Å². The highest BCUT2D eigenvalue weighted by molar-refractivity contribution is 5.84. The summed E-state index contributed by atoms with van der Waals surface area (Å²) in [5, 5.41) is 0.376. The molecule has 0 radical (unpaired) electrons. The van der Waals surface area contributed by atoms with Crippen molar-refractivity contribution >= 4 is 10.9 Å². The number of rotatable bonds is 0. The summed E-state index contributed by atoms with van der Waals surface area (Å²) < 4.78 is 63.8. The zero-order chi connectivity index (χ0) is 15.8. The highest BCUT2D eigenvalue weighted by Crippen LogP contribution is 2.28. The topological polar surface area (TPSA) is 15.8 Å². The van der Waals surface area contributed by atoms with Crippen molar-refractivity contribution in [3.63, 3.8) is 0 Å². The third kappa shape index (κ3) is 0.998. The number of hydrogen-bond acceptors (Lipinski definition) is 0. The largest absolute Gasteiger partial charge is 0.358 e. The molecule has 66 valence electrons. The Morgan fingerprint density at radius 1 is 1.15 bits per heavy atom. The first-order valence-corrected chi connectivity index (χ1v) is 4.08. The molecular weight excluding hydrogens is 158 g/mol. The maximum absolute atomic E-state index is 8.11. The van der Waals surface area contributed by atoms with Crippen LogP contribution in [0.1, 0.15) is 35.0 Å². The van der Waals surface area contributed by atoms with Crippen LogP contribution in [-0.4, -0.2) is 4.98 Å². The van der Waals surface area contributed by atoms with E-state index in [2.05, 4.69) is 4.98 Å². The zero-order valence-electron chi connectivity index (χ0n) is 14.8. The molecule has 0 saturated carbocycles. The van der Waals surface area contributed by atoms with E-state index in [1.165, 1.54) is 0 Å². The Balaban J connectivity index is 2.50. The van der Waals surface area contributed by atoms with Crippen LogP contribution < -0.4 is 0 Å². The lowest BCUT2D eigenvalue weighted by Gasteiger charge is -2.10. The number of hydrogen-bond donors (Lipinski definition) is 1. The van der Waals surface area contributed by atoms with E-state index in [0.29, 0.717) is 10.9 Å². The Labute approximate surface area is 89.0 Å². The Kier molecular flexibility index (Phi) is 0.581. The van der Waals surface area contributed by atoms with Gasteiger partial charge in [-0.25, -0.2) is 0 Å². The smallest absolute Gasteiger partial charge is 0.0458 e. The van der Waals surface area contributed by atoms with Crippen molar-refractivity contribution < 1.29 is 11.0 Å². The quantitative estimate of drug-likeness (QED) is 0.640. The first-order chi connectivity index (χ1) is 9.46. The summed E-state index contributed by atoms with van der Waals surface area (Å²) in [6.07, 6.45) is -11.4. The minimum Gasteiger partial charge on any atom is -0.358 e. The van der Waals surface area contributed by atoms with Crippen molar-refractivity contribution in [3.05, 3.63) is 35.5 Å². The molecule has 1 nitrogen and oxygen atoms in total. The summed E-state index contributed by atoms with van der Waals surface area (Å²) in [6, 6.07) is 6.56. The van der Waals surface area contributed by atoms with Crippen molar-refractivity contribution in [2.24, 2.45) is 0 Å². The van der Waals surface area contributed by atoms with Crippen molar-refractivity contribution in [1.82, 2.24) is 4.98 Å². The summed E-state index contributed by atoms with van der Waals surface area (Å²) in [6.45, 7) is 0. The summed E-state index contributed by atoms with van der Waals surface area (Å²) in [4.78, 5) is 2.73. The molecule has 1 aliphatic rings. The molecule has 0 fully saturated rings. The van der Waals surface area contributed by atoms with Gasteiger partial charge < -0.3 is 4.98 Å². The normalized spacial score (nSPS) is 40.6. The Bertz CT molecular complexity index is 730. The average molecular weight is 179 g/mol. The molecule has 0 atom stereocenters. The van der Waals surface area contributed by atoms with Gasteiger partial charge in [0.15, 0.2) is 0 Å². The summed E-state index contributed by atoms with van der Waals surface area (Å²) in [5.41, 5.74) is 0.0980. The molecule has 13 heavy (non-hydrogen) atoms. The first kappa shape index (κ1) is 2.88. The van der Waals surface area contributed by atoms with E-state index < -0.39 is 25.5 Å². The second-order valence-electron chi connectivity index (χ2n) is 2.92. The number of aryl methyl sites for hydroxylation is 2. The van der Waals surface area contributed by atoms with E-state index in [4.69, 9.17) is 11.0 Å². The molecule has 0 aliphatic heterocycles. The molecule has 3 rings (SSSR count). The second-order valence-corrected chi connectivity index (χ2v) is 2.92. The third-order valence-corrected chi connectivity index (χ3v) is 2.14. The molecule has 0 spiro atoms. The number of H-pyrrole nitrogens is 1. The summed E-state index contributed by atoms with van der Waals surface area (Å²) >= 11 is 0. The van der Waals surface area contributed by atoms with Crippen LogP contribution in [0.5, 0.6) is 0 Å². The predicted octanol–water partition coefficient (Wildman–Crippen LogP) is 3.05. The van der Waals surface area contributed by atoms with Crippen LogP contribution in [0.2, 0.25) is 0 Å². The number of para-hydroxylation sites is 1. The van der Waals surface area contributed by atoms with Gasteiger partial charge in [0.2, 0.25) is 0 Å². The van der Waals surface area contributed by atoms with Crippen LogP contribution in [-0.2, 0) is 12.7 Å². The molecule has 1 heteroatoms. The highest BCUT2D eigenvalue weighted by Gasteiger charge is 2.13. The van der Waals surface area contributed by atoms with Crippen LogP contribution in [0.4, 0.5) is 0 Å². The number of aromatic nitrogens is 1. The lowest BCUT2D eigenvalue weighted by molar-refractivity contribution is 0.680. The molecule has 1 aromatic carbocycles. The van der Waals surface area contributed by atoms with E-state index in [9.17, 15) is 0 Å². The van der Waals surface area contributed by atoms with E-state index in [-0.39, 0.29) is 11.3 Å². The maximum Gasteiger partial charge on any atom is 0.0458 e. The van der Waals surface area contributed by atoms with Gasteiger partial charge in [0.05, 0.1) is 0 Å². The fourth-order valence-electron chi connectivity index (χ4n) is 1.55. The minimum atomic E-state index is -3.02. The molecule has 1 aromatic heterocycles. The highest BCUT2D eigenvalue weighted by atomic mass is 14.7. The lowest BCUT2D eigenvalue weighted by atomic mass is 9.96. The van der Waals surface area contributed by atoms with Crippen molar-refractivity contribution in [2.75, 3.05) is 0 Å². The molecule has 1 N–H and O–H groups in total.